The van der Waals surface area contributed by atoms with Crippen molar-refractivity contribution in [2.45, 2.75) is 37.2 Å². The highest BCUT2D eigenvalue weighted by Gasteiger charge is 2.20. The molecule has 0 spiro atoms. The fourth-order valence-corrected chi connectivity index (χ4v) is 3.64. The third-order valence-corrected chi connectivity index (χ3v) is 5.67. The molecule has 2 aromatic carbocycles. The van der Waals surface area contributed by atoms with Crippen LogP contribution < -0.4 is 5.32 Å². The molecule has 0 aromatic heterocycles. The van der Waals surface area contributed by atoms with E-state index in [1.165, 1.54) is 42.3 Å². The van der Waals surface area contributed by atoms with Gasteiger partial charge in [0.05, 0.1) is 10.5 Å². The molecule has 142 valence electrons. The van der Waals surface area contributed by atoms with Crippen LogP contribution in [0.25, 0.3) is 0 Å². The van der Waals surface area contributed by atoms with Crippen molar-refractivity contribution < 1.29 is 22.7 Å². The van der Waals surface area contributed by atoms with Crippen molar-refractivity contribution in [2.75, 3.05) is 11.6 Å². The molecule has 0 aliphatic heterocycles. The Morgan fingerprint density at radius 2 is 1.70 bits per heavy atom. The lowest BCUT2D eigenvalue weighted by atomic mass is 10.1. The molecule has 3 rings (SSSR count). The molecule has 1 amide bonds. The van der Waals surface area contributed by atoms with E-state index in [2.05, 4.69) is 5.32 Å². The number of ether oxygens (including phenoxy) is 1. The molecule has 0 saturated heterocycles. The van der Waals surface area contributed by atoms with Crippen LogP contribution in [0.15, 0.2) is 47.4 Å². The molecule has 7 heteroatoms. The Bertz CT molecular complexity index is 980. The summed E-state index contributed by atoms with van der Waals surface area (Å²) in [4.78, 5) is 24.6. The van der Waals surface area contributed by atoms with Crippen LogP contribution in [0.2, 0.25) is 0 Å². The summed E-state index contributed by atoms with van der Waals surface area (Å²) < 4.78 is 28.1. The molecule has 0 fully saturated rings. The maximum Gasteiger partial charge on any atom is 0.338 e. The van der Waals surface area contributed by atoms with Gasteiger partial charge in [-0.2, -0.15) is 0 Å². The summed E-state index contributed by atoms with van der Waals surface area (Å²) in [5, 5.41) is 2.76. The zero-order chi connectivity index (χ0) is 19.6. The molecular weight excluding hydrogens is 366 g/mol. The summed E-state index contributed by atoms with van der Waals surface area (Å²) in [5.41, 5.74) is 3.41. The fraction of sp³-hybridized carbons (Fsp3) is 0.300. The van der Waals surface area contributed by atoms with Crippen molar-refractivity contribution in [1.29, 1.82) is 0 Å². The Hall–Kier alpha value is -2.67. The molecule has 0 saturated carbocycles. The number of hydrogen-bond donors (Lipinski definition) is 1. The third kappa shape index (κ3) is 4.54. The number of aryl methyl sites for hydroxylation is 2. The molecule has 1 N–H and O–H groups in total. The Morgan fingerprint density at radius 3 is 2.37 bits per heavy atom. The number of rotatable bonds is 5. The first-order valence-corrected chi connectivity index (χ1v) is 10.6. The number of anilines is 1. The number of hydrogen-bond acceptors (Lipinski definition) is 5. The smallest absolute Gasteiger partial charge is 0.338 e. The van der Waals surface area contributed by atoms with Crippen molar-refractivity contribution in [3.63, 3.8) is 0 Å². The van der Waals surface area contributed by atoms with Gasteiger partial charge in [-0.05, 0) is 73.7 Å². The molecule has 0 radical (unpaired) electrons. The van der Waals surface area contributed by atoms with Gasteiger partial charge < -0.3 is 10.1 Å². The second-order valence-electron chi connectivity index (χ2n) is 6.67. The van der Waals surface area contributed by atoms with Crippen LogP contribution in [0.3, 0.4) is 0 Å². The van der Waals surface area contributed by atoms with Gasteiger partial charge in [0.2, 0.25) is 0 Å². The Labute approximate surface area is 158 Å². The van der Waals surface area contributed by atoms with Gasteiger partial charge in [0.15, 0.2) is 15.9 Å². The number of carbonyl (C=O) groups is 2. The minimum absolute atomic E-state index is 0.112. The first kappa shape index (κ1) is 19.1. The number of sulfone groups is 1. The largest absolute Gasteiger partial charge is 0.449 e. The molecule has 6 nitrogen and oxygen atoms in total. The molecule has 1 aliphatic carbocycles. The molecular formula is C20H21NO5S. The van der Waals surface area contributed by atoms with E-state index in [-0.39, 0.29) is 10.5 Å². The fourth-order valence-electron chi connectivity index (χ4n) is 3.01. The number of benzene rings is 2. The van der Waals surface area contributed by atoms with E-state index in [0.29, 0.717) is 5.69 Å². The van der Waals surface area contributed by atoms with E-state index in [9.17, 15) is 18.0 Å². The van der Waals surface area contributed by atoms with Crippen LogP contribution >= 0.6 is 0 Å². The predicted molar refractivity (Wildman–Crippen MR) is 102 cm³/mol. The van der Waals surface area contributed by atoms with E-state index in [4.69, 9.17) is 4.74 Å². The standard InChI is InChI=1S/C20H21NO5S/c1-13(19(22)21-17-9-6-14-4-3-5-16(14)12-17)26-20(23)15-7-10-18(11-8-15)27(2,24)25/h6-13H,3-5H2,1-2H3,(H,21,22)/t13-/m0/s1. The van der Waals surface area contributed by atoms with Crippen molar-refractivity contribution in [2.24, 2.45) is 0 Å². The van der Waals surface area contributed by atoms with E-state index < -0.39 is 27.8 Å². The average molecular weight is 387 g/mol. The molecule has 27 heavy (non-hydrogen) atoms. The van der Waals surface area contributed by atoms with E-state index in [1.807, 2.05) is 18.2 Å². The van der Waals surface area contributed by atoms with Gasteiger partial charge in [-0.25, -0.2) is 13.2 Å². The first-order chi connectivity index (χ1) is 12.7. The summed E-state index contributed by atoms with van der Waals surface area (Å²) in [7, 11) is -3.34. The van der Waals surface area contributed by atoms with Gasteiger partial charge in [0.25, 0.3) is 5.91 Å². The lowest BCUT2D eigenvalue weighted by molar-refractivity contribution is -0.123. The van der Waals surface area contributed by atoms with E-state index in [0.717, 1.165) is 25.5 Å². The molecule has 1 aliphatic rings. The number of fused-ring (bicyclic) bond motifs is 1. The number of carbonyl (C=O) groups excluding carboxylic acids is 2. The summed E-state index contributed by atoms with van der Waals surface area (Å²) in [6.07, 6.45) is 3.30. The lowest BCUT2D eigenvalue weighted by Crippen LogP contribution is -2.30. The molecule has 0 unspecified atom stereocenters. The highest BCUT2D eigenvalue weighted by molar-refractivity contribution is 7.90. The number of esters is 1. The van der Waals surface area contributed by atoms with E-state index in [1.54, 1.807) is 0 Å². The number of nitrogens with one attached hydrogen (secondary N) is 1. The Kier molecular flexibility index (Phi) is 5.32. The lowest BCUT2D eigenvalue weighted by Gasteiger charge is -2.14. The third-order valence-electron chi connectivity index (χ3n) is 4.54. The van der Waals surface area contributed by atoms with Gasteiger partial charge in [-0.3, -0.25) is 4.79 Å². The van der Waals surface area contributed by atoms with Crippen LogP contribution in [-0.4, -0.2) is 32.7 Å². The summed E-state index contributed by atoms with van der Waals surface area (Å²) >= 11 is 0. The van der Waals surface area contributed by atoms with E-state index >= 15 is 0 Å². The van der Waals surface area contributed by atoms with Crippen molar-refractivity contribution in [1.82, 2.24) is 0 Å². The zero-order valence-electron chi connectivity index (χ0n) is 15.2. The minimum atomic E-state index is -3.34. The summed E-state index contributed by atoms with van der Waals surface area (Å²) in [6, 6.07) is 11.2. The van der Waals surface area contributed by atoms with Gasteiger partial charge in [0, 0.05) is 11.9 Å². The number of amides is 1. The van der Waals surface area contributed by atoms with Crippen molar-refractivity contribution in [3.05, 3.63) is 59.2 Å². The Morgan fingerprint density at radius 1 is 1.04 bits per heavy atom. The molecule has 2 aromatic rings. The average Bonchev–Trinajstić information content (AvgIpc) is 3.08. The maximum atomic E-state index is 12.3. The van der Waals surface area contributed by atoms with Crippen LogP contribution in [0.1, 0.15) is 34.8 Å². The summed E-state index contributed by atoms with van der Waals surface area (Å²) in [5.74, 6) is -1.11. The predicted octanol–water partition coefficient (Wildman–Crippen LogP) is 2.76. The SMILES string of the molecule is C[C@H](OC(=O)c1ccc(S(C)(=O)=O)cc1)C(=O)Nc1ccc2c(c1)CCC2. The minimum Gasteiger partial charge on any atom is -0.449 e. The maximum absolute atomic E-state index is 12.3. The van der Waals surface area contributed by atoms with Crippen LogP contribution in [-0.2, 0) is 32.2 Å². The van der Waals surface area contributed by atoms with Crippen LogP contribution in [0, 0.1) is 0 Å². The zero-order valence-corrected chi connectivity index (χ0v) is 16.0. The van der Waals surface area contributed by atoms with Crippen molar-refractivity contribution in [3.8, 4) is 0 Å². The molecule has 0 bridgehead atoms. The van der Waals surface area contributed by atoms with Crippen LogP contribution in [0.4, 0.5) is 5.69 Å². The Balaban J connectivity index is 1.61. The van der Waals surface area contributed by atoms with Crippen molar-refractivity contribution >= 4 is 27.4 Å². The van der Waals surface area contributed by atoms with Gasteiger partial charge in [-0.1, -0.05) is 6.07 Å². The quantitative estimate of drug-likeness (QED) is 0.797. The summed E-state index contributed by atoms with van der Waals surface area (Å²) in [6.45, 7) is 1.49. The van der Waals surface area contributed by atoms with Gasteiger partial charge >= 0.3 is 5.97 Å². The monoisotopic (exact) mass is 387 g/mol. The second-order valence-corrected chi connectivity index (χ2v) is 8.69. The van der Waals surface area contributed by atoms with Gasteiger partial charge in [-0.15, -0.1) is 0 Å². The highest BCUT2D eigenvalue weighted by atomic mass is 32.2. The van der Waals surface area contributed by atoms with Gasteiger partial charge in [0.1, 0.15) is 0 Å². The normalized spacial score (nSPS) is 14.3. The first-order valence-electron chi connectivity index (χ1n) is 8.68. The molecule has 1 atom stereocenters. The highest BCUT2D eigenvalue weighted by Crippen LogP contribution is 2.25. The van der Waals surface area contributed by atoms with Crippen LogP contribution in [0.5, 0.6) is 0 Å². The topological polar surface area (TPSA) is 89.5 Å². The molecule has 0 heterocycles. The second kappa shape index (κ2) is 7.52.